The van der Waals surface area contributed by atoms with Gasteiger partial charge >= 0.3 is 0 Å². The molecule has 0 amide bonds. The van der Waals surface area contributed by atoms with Gasteiger partial charge in [-0.3, -0.25) is 4.79 Å². The van der Waals surface area contributed by atoms with Crippen LogP contribution >= 0.6 is 0 Å². The van der Waals surface area contributed by atoms with Crippen molar-refractivity contribution in [3.8, 4) is 0 Å². The van der Waals surface area contributed by atoms with Crippen LogP contribution in [-0.2, 0) is 11.2 Å². The molecule has 2 heteroatoms. The summed E-state index contributed by atoms with van der Waals surface area (Å²) in [6, 6.07) is 7.90. The Morgan fingerprint density at radius 3 is 2.65 bits per heavy atom. The summed E-state index contributed by atoms with van der Waals surface area (Å²) in [6.07, 6.45) is 2.55. The van der Waals surface area contributed by atoms with Crippen molar-refractivity contribution < 1.29 is 9.53 Å². The van der Waals surface area contributed by atoms with Gasteiger partial charge in [0.1, 0.15) is 6.10 Å². The first kappa shape index (κ1) is 13.9. The summed E-state index contributed by atoms with van der Waals surface area (Å²) in [5, 5.41) is 0. The van der Waals surface area contributed by atoms with E-state index in [9.17, 15) is 4.79 Å². The molecule has 1 aromatic rings. The Hall–Kier alpha value is -1.15. The molecular formula is C15H22O2. The second-order valence-corrected chi connectivity index (χ2v) is 4.17. The van der Waals surface area contributed by atoms with Gasteiger partial charge in [0.15, 0.2) is 5.78 Å². The fourth-order valence-corrected chi connectivity index (χ4v) is 1.93. The monoisotopic (exact) mass is 234 g/mol. The van der Waals surface area contributed by atoms with Gasteiger partial charge in [-0.05, 0) is 31.4 Å². The van der Waals surface area contributed by atoms with Crippen molar-refractivity contribution in [2.75, 3.05) is 6.61 Å². The van der Waals surface area contributed by atoms with E-state index in [2.05, 4.69) is 13.0 Å². The maximum absolute atomic E-state index is 12.2. The summed E-state index contributed by atoms with van der Waals surface area (Å²) < 4.78 is 5.46. The highest BCUT2D eigenvalue weighted by Gasteiger charge is 2.18. The Morgan fingerprint density at radius 1 is 1.29 bits per heavy atom. The summed E-state index contributed by atoms with van der Waals surface area (Å²) >= 11 is 0. The van der Waals surface area contributed by atoms with Crippen LogP contribution in [0.5, 0.6) is 0 Å². The van der Waals surface area contributed by atoms with Crippen LogP contribution in [0.2, 0.25) is 0 Å². The SMILES string of the molecule is CCCc1cccc(C(=O)C(CC)OCC)c1. The number of ketones is 1. The summed E-state index contributed by atoms with van der Waals surface area (Å²) in [4.78, 5) is 12.2. The van der Waals surface area contributed by atoms with E-state index in [0.29, 0.717) is 6.61 Å². The molecule has 2 nitrogen and oxygen atoms in total. The molecule has 0 aromatic heterocycles. The number of Topliss-reactive ketones (excluding diaryl/α,β-unsaturated/α-hetero) is 1. The fraction of sp³-hybridized carbons (Fsp3) is 0.533. The quantitative estimate of drug-likeness (QED) is 0.673. The minimum atomic E-state index is -0.295. The predicted octanol–water partition coefficient (Wildman–Crippen LogP) is 3.64. The summed E-state index contributed by atoms with van der Waals surface area (Å²) in [5.74, 6) is 0.104. The van der Waals surface area contributed by atoms with E-state index in [0.717, 1.165) is 24.8 Å². The largest absolute Gasteiger partial charge is 0.370 e. The minimum absolute atomic E-state index is 0.104. The van der Waals surface area contributed by atoms with Gasteiger partial charge in [0, 0.05) is 12.2 Å². The third kappa shape index (κ3) is 3.97. The fourth-order valence-electron chi connectivity index (χ4n) is 1.93. The minimum Gasteiger partial charge on any atom is -0.370 e. The van der Waals surface area contributed by atoms with E-state index in [1.807, 2.05) is 32.0 Å². The van der Waals surface area contributed by atoms with Gasteiger partial charge in [-0.25, -0.2) is 0 Å². The Labute approximate surface area is 104 Å². The molecule has 0 heterocycles. The molecule has 0 radical (unpaired) electrons. The van der Waals surface area contributed by atoms with E-state index in [1.165, 1.54) is 5.56 Å². The van der Waals surface area contributed by atoms with Crippen molar-refractivity contribution in [3.63, 3.8) is 0 Å². The van der Waals surface area contributed by atoms with Crippen LogP contribution in [0.25, 0.3) is 0 Å². The second kappa shape index (κ2) is 7.23. The molecule has 17 heavy (non-hydrogen) atoms. The maximum atomic E-state index is 12.2. The van der Waals surface area contributed by atoms with Crippen molar-refractivity contribution in [2.24, 2.45) is 0 Å². The number of benzene rings is 1. The molecule has 0 aliphatic carbocycles. The summed E-state index contributed by atoms with van der Waals surface area (Å²) in [7, 11) is 0. The lowest BCUT2D eigenvalue weighted by atomic mass is 10.0. The highest BCUT2D eigenvalue weighted by atomic mass is 16.5. The molecule has 0 spiro atoms. The van der Waals surface area contributed by atoms with Crippen LogP contribution in [0.4, 0.5) is 0 Å². The van der Waals surface area contributed by atoms with Crippen LogP contribution in [0.15, 0.2) is 24.3 Å². The molecule has 1 unspecified atom stereocenters. The highest BCUT2D eigenvalue weighted by Crippen LogP contribution is 2.13. The first-order valence-corrected chi connectivity index (χ1v) is 6.47. The first-order chi connectivity index (χ1) is 8.22. The van der Waals surface area contributed by atoms with E-state index < -0.39 is 0 Å². The average Bonchev–Trinajstić information content (AvgIpc) is 2.36. The lowest BCUT2D eigenvalue weighted by Crippen LogP contribution is -2.23. The van der Waals surface area contributed by atoms with Crippen molar-refractivity contribution in [1.82, 2.24) is 0 Å². The first-order valence-electron chi connectivity index (χ1n) is 6.47. The molecule has 0 aliphatic rings. The summed E-state index contributed by atoms with van der Waals surface area (Å²) in [6.45, 7) is 6.62. The van der Waals surface area contributed by atoms with Crippen molar-refractivity contribution in [1.29, 1.82) is 0 Å². The van der Waals surface area contributed by atoms with Crippen LogP contribution in [-0.4, -0.2) is 18.5 Å². The molecular weight excluding hydrogens is 212 g/mol. The van der Waals surface area contributed by atoms with Gasteiger partial charge < -0.3 is 4.74 Å². The molecule has 0 fully saturated rings. The Morgan fingerprint density at radius 2 is 2.06 bits per heavy atom. The van der Waals surface area contributed by atoms with E-state index in [-0.39, 0.29) is 11.9 Å². The lowest BCUT2D eigenvalue weighted by Gasteiger charge is -2.14. The predicted molar refractivity (Wildman–Crippen MR) is 70.5 cm³/mol. The highest BCUT2D eigenvalue weighted by molar-refractivity contribution is 5.99. The van der Waals surface area contributed by atoms with Gasteiger partial charge in [0.05, 0.1) is 0 Å². The normalized spacial score (nSPS) is 12.4. The van der Waals surface area contributed by atoms with E-state index in [1.54, 1.807) is 0 Å². The van der Waals surface area contributed by atoms with Gasteiger partial charge in [-0.2, -0.15) is 0 Å². The van der Waals surface area contributed by atoms with E-state index in [4.69, 9.17) is 4.74 Å². The molecule has 94 valence electrons. The van der Waals surface area contributed by atoms with Gasteiger partial charge in [-0.1, -0.05) is 38.5 Å². The van der Waals surface area contributed by atoms with Gasteiger partial charge in [0.25, 0.3) is 0 Å². The second-order valence-electron chi connectivity index (χ2n) is 4.17. The molecule has 1 atom stereocenters. The van der Waals surface area contributed by atoms with Crippen molar-refractivity contribution in [2.45, 2.75) is 46.1 Å². The summed E-state index contributed by atoms with van der Waals surface area (Å²) in [5.41, 5.74) is 2.00. The molecule has 1 rings (SSSR count). The molecule has 1 aromatic carbocycles. The third-order valence-electron chi connectivity index (χ3n) is 2.78. The van der Waals surface area contributed by atoms with Crippen LogP contribution in [0.3, 0.4) is 0 Å². The molecule has 0 saturated heterocycles. The van der Waals surface area contributed by atoms with Gasteiger partial charge in [-0.15, -0.1) is 0 Å². The van der Waals surface area contributed by atoms with Crippen LogP contribution < -0.4 is 0 Å². The smallest absolute Gasteiger partial charge is 0.191 e. The number of carbonyl (C=O) groups is 1. The number of aryl methyl sites for hydroxylation is 1. The topological polar surface area (TPSA) is 26.3 Å². The van der Waals surface area contributed by atoms with E-state index >= 15 is 0 Å². The standard InChI is InChI=1S/C15H22O2/c1-4-8-12-9-7-10-13(11-12)15(16)14(5-2)17-6-3/h7,9-11,14H,4-6,8H2,1-3H3. The molecule has 0 bridgehead atoms. The zero-order valence-electron chi connectivity index (χ0n) is 11.0. The zero-order valence-corrected chi connectivity index (χ0v) is 11.0. The number of rotatable bonds is 7. The zero-order chi connectivity index (χ0) is 12.7. The van der Waals surface area contributed by atoms with Gasteiger partial charge in [0.2, 0.25) is 0 Å². The number of carbonyl (C=O) groups excluding carboxylic acids is 1. The maximum Gasteiger partial charge on any atom is 0.191 e. The number of ether oxygens (including phenoxy) is 1. The average molecular weight is 234 g/mol. The van der Waals surface area contributed by atoms with Crippen molar-refractivity contribution in [3.05, 3.63) is 35.4 Å². The molecule has 0 aliphatic heterocycles. The third-order valence-corrected chi connectivity index (χ3v) is 2.78. The lowest BCUT2D eigenvalue weighted by molar-refractivity contribution is 0.0444. The Balaban J connectivity index is 2.83. The Bertz CT molecular complexity index is 358. The van der Waals surface area contributed by atoms with Crippen molar-refractivity contribution >= 4 is 5.78 Å². The Kier molecular flexibility index (Phi) is 5.92. The molecule has 0 N–H and O–H groups in total. The van der Waals surface area contributed by atoms with Crippen LogP contribution in [0.1, 0.15) is 49.5 Å². The van der Waals surface area contributed by atoms with Crippen LogP contribution in [0, 0.1) is 0 Å². The number of hydrogen-bond acceptors (Lipinski definition) is 2. The molecule has 0 saturated carbocycles. The number of hydrogen-bond donors (Lipinski definition) is 0.